The summed E-state index contributed by atoms with van der Waals surface area (Å²) < 4.78 is 5.45. The summed E-state index contributed by atoms with van der Waals surface area (Å²) in [5, 5.41) is 3.87. The van der Waals surface area contributed by atoms with Gasteiger partial charge in [0.2, 0.25) is 11.8 Å². The molecule has 0 amide bonds. The van der Waals surface area contributed by atoms with E-state index >= 15 is 0 Å². The molecule has 4 nitrogen and oxygen atoms in total. The van der Waals surface area contributed by atoms with E-state index in [1.165, 1.54) is 0 Å². The molecule has 5 heteroatoms. The summed E-state index contributed by atoms with van der Waals surface area (Å²) in [7, 11) is 0. The largest absolute Gasteiger partial charge is 0.478 e. The lowest BCUT2D eigenvalue weighted by Crippen LogP contribution is -2.05. The van der Waals surface area contributed by atoms with E-state index in [0.717, 1.165) is 17.0 Å². The lowest BCUT2D eigenvalue weighted by Gasteiger charge is -2.07. The smallest absolute Gasteiger partial charge is 0.226 e. The van der Waals surface area contributed by atoms with Gasteiger partial charge >= 0.3 is 0 Å². The van der Waals surface area contributed by atoms with Crippen molar-refractivity contribution in [3.05, 3.63) is 47.1 Å². The van der Waals surface area contributed by atoms with Crippen molar-refractivity contribution in [3.8, 4) is 5.88 Å². The summed E-state index contributed by atoms with van der Waals surface area (Å²) in [4.78, 5) is 8.42. The normalized spacial score (nSPS) is 10.2. The maximum Gasteiger partial charge on any atom is 0.226 e. The minimum atomic E-state index is 0.550. The van der Waals surface area contributed by atoms with Crippen molar-refractivity contribution in [1.82, 2.24) is 9.97 Å². The summed E-state index contributed by atoms with van der Waals surface area (Å²) in [5.41, 5.74) is 1.08. The van der Waals surface area contributed by atoms with E-state index < -0.39 is 0 Å². The number of anilines is 1. The average Bonchev–Trinajstić information content (AvgIpc) is 2.43. The Bertz CT molecular complexity index is 534. The molecule has 2 aromatic rings. The Morgan fingerprint density at radius 3 is 3.00 bits per heavy atom. The van der Waals surface area contributed by atoms with Crippen LogP contribution < -0.4 is 10.1 Å². The van der Waals surface area contributed by atoms with Crippen LogP contribution in [0.25, 0.3) is 0 Å². The van der Waals surface area contributed by atoms with E-state index in [0.29, 0.717) is 25.0 Å². The van der Waals surface area contributed by atoms with Gasteiger partial charge in [0, 0.05) is 23.8 Å². The standard InChI is InChI=1S/C14H16ClN3O/c1-2-8-19-13-6-7-16-14(18-13)17-10-11-4-3-5-12(15)9-11/h3-7,9H,2,8,10H2,1H3,(H,16,17,18). The number of benzene rings is 1. The highest BCUT2D eigenvalue weighted by Gasteiger charge is 2.00. The van der Waals surface area contributed by atoms with Gasteiger partial charge in [-0.1, -0.05) is 30.7 Å². The number of hydrogen-bond donors (Lipinski definition) is 1. The Morgan fingerprint density at radius 1 is 1.32 bits per heavy atom. The zero-order valence-electron chi connectivity index (χ0n) is 10.8. The minimum Gasteiger partial charge on any atom is -0.478 e. The molecule has 0 unspecified atom stereocenters. The van der Waals surface area contributed by atoms with Crippen molar-refractivity contribution in [2.45, 2.75) is 19.9 Å². The Morgan fingerprint density at radius 2 is 2.21 bits per heavy atom. The second-order valence-electron chi connectivity index (χ2n) is 4.05. The first kappa shape index (κ1) is 13.6. The highest BCUT2D eigenvalue weighted by Crippen LogP contribution is 2.13. The van der Waals surface area contributed by atoms with Gasteiger partial charge in [-0.05, 0) is 24.1 Å². The molecular weight excluding hydrogens is 262 g/mol. The van der Waals surface area contributed by atoms with Gasteiger partial charge in [-0.15, -0.1) is 0 Å². The second-order valence-corrected chi connectivity index (χ2v) is 4.49. The Hall–Kier alpha value is -1.81. The summed E-state index contributed by atoms with van der Waals surface area (Å²) >= 11 is 5.93. The zero-order chi connectivity index (χ0) is 13.5. The van der Waals surface area contributed by atoms with Crippen LogP contribution in [-0.2, 0) is 6.54 Å². The van der Waals surface area contributed by atoms with E-state index in [2.05, 4.69) is 22.2 Å². The Kier molecular flexibility index (Phi) is 4.98. The molecule has 1 aromatic carbocycles. The fourth-order valence-corrected chi connectivity index (χ4v) is 1.76. The zero-order valence-corrected chi connectivity index (χ0v) is 11.5. The number of aromatic nitrogens is 2. The number of halogens is 1. The quantitative estimate of drug-likeness (QED) is 0.877. The molecule has 0 aliphatic rings. The molecule has 0 aliphatic carbocycles. The summed E-state index contributed by atoms with van der Waals surface area (Å²) in [6, 6.07) is 9.42. The fraction of sp³-hybridized carbons (Fsp3) is 0.286. The molecule has 0 radical (unpaired) electrons. The van der Waals surface area contributed by atoms with Crippen LogP contribution >= 0.6 is 11.6 Å². The minimum absolute atomic E-state index is 0.550. The molecule has 1 N–H and O–H groups in total. The molecule has 0 aliphatic heterocycles. The van der Waals surface area contributed by atoms with Crippen LogP contribution in [0.2, 0.25) is 5.02 Å². The van der Waals surface area contributed by atoms with E-state index in [-0.39, 0.29) is 0 Å². The Balaban J connectivity index is 1.95. The molecule has 2 rings (SSSR count). The fourth-order valence-electron chi connectivity index (χ4n) is 1.54. The average molecular weight is 278 g/mol. The maximum absolute atomic E-state index is 5.93. The molecule has 19 heavy (non-hydrogen) atoms. The van der Waals surface area contributed by atoms with Crippen LogP contribution in [0.1, 0.15) is 18.9 Å². The van der Waals surface area contributed by atoms with Gasteiger partial charge in [0.1, 0.15) is 0 Å². The number of ether oxygens (including phenoxy) is 1. The third-order valence-corrected chi connectivity index (χ3v) is 2.66. The topological polar surface area (TPSA) is 47.0 Å². The van der Waals surface area contributed by atoms with Gasteiger partial charge in [-0.2, -0.15) is 4.98 Å². The van der Waals surface area contributed by atoms with E-state index in [1.807, 2.05) is 24.3 Å². The van der Waals surface area contributed by atoms with Crippen molar-refractivity contribution in [3.63, 3.8) is 0 Å². The van der Waals surface area contributed by atoms with Gasteiger partial charge < -0.3 is 10.1 Å². The molecule has 0 bridgehead atoms. The first-order valence-electron chi connectivity index (χ1n) is 6.22. The summed E-state index contributed by atoms with van der Waals surface area (Å²) in [6.07, 6.45) is 2.63. The van der Waals surface area contributed by atoms with E-state index in [9.17, 15) is 0 Å². The predicted molar refractivity (Wildman–Crippen MR) is 76.6 cm³/mol. The summed E-state index contributed by atoms with van der Waals surface area (Å²) in [6.45, 7) is 3.34. The van der Waals surface area contributed by atoms with Crippen LogP contribution in [0.3, 0.4) is 0 Å². The third kappa shape index (κ3) is 4.41. The molecule has 0 fully saturated rings. The highest BCUT2D eigenvalue weighted by atomic mass is 35.5. The second kappa shape index (κ2) is 6.95. The number of nitrogens with one attached hydrogen (secondary N) is 1. The summed E-state index contributed by atoms with van der Waals surface area (Å²) in [5.74, 6) is 1.14. The lowest BCUT2D eigenvalue weighted by atomic mass is 10.2. The predicted octanol–water partition coefficient (Wildman–Crippen LogP) is 3.53. The van der Waals surface area contributed by atoms with Crippen molar-refractivity contribution in [2.24, 2.45) is 0 Å². The SMILES string of the molecule is CCCOc1ccnc(NCc2cccc(Cl)c2)n1. The number of hydrogen-bond acceptors (Lipinski definition) is 4. The third-order valence-electron chi connectivity index (χ3n) is 2.42. The lowest BCUT2D eigenvalue weighted by molar-refractivity contribution is 0.305. The van der Waals surface area contributed by atoms with Gasteiger partial charge in [-0.25, -0.2) is 4.98 Å². The van der Waals surface area contributed by atoms with Crippen LogP contribution in [0, 0.1) is 0 Å². The van der Waals surface area contributed by atoms with Gasteiger partial charge in [0.25, 0.3) is 0 Å². The van der Waals surface area contributed by atoms with Crippen molar-refractivity contribution in [2.75, 3.05) is 11.9 Å². The molecule has 0 atom stereocenters. The van der Waals surface area contributed by atoms with Crippen LogP contribution in [0.15, 0.2) is 36.5 Å². The van der Waals surface area contributed by atoms with Crippen molar-refractivity contribution < 1.29 is 4.74 Å². The molecular formula is C14H16ClN3O. The van der Waals surface area contributed by atoms with Crippen LogP contribution in [0.4, 0.5) is 5.95 Å². The van der Waals surface area contributed by atoms with Crippen LogP contribution in [0.5, 0.6) is 5.88 Å². The van der Waals surface area contributed by atoms with Crippen molar-refractivity contribution >= 4 is 17.5 Å². The first-order valence-corrected chi connectivity index (χ1v) is 6.60. The molecule has 0 saturated heterocycles. The van der Waals surface area contributed by atoms with Gasteiger partial charge in [0.15, 0.2) is 0 Å². The van der Waals surface area contributed by atoms with Gasteiger partial charge in [0.05, 0.1) is 6.61 Å². The molecule has 1 heterocycles. The van der Waals surface area contributed by atoms with Gasteiger partial charge in [-0.3, -0.25) is 0 Å². The number of nitrogens with zero attached hydrogens (tertiary/aromatic N) is 2. The molecule has 0 saturated carbocycles. The van der Waals surface area contributed by atoms with E-state index in [4.69, 9.17) is 16.3 Å². The highest BCUT2D eigenvalue weighted by molar-refractivity contribution is 6.30. The monoisotopic (exact) mass is 277 g/mol. The first-order chi connectivity index (χ1) is 9.28. The Labute approximate surface area is 117 Å². The van der Waals surface area contributed by atoms with Crippen molar-refractivity contribution in [1.29, 1.82) is 0 Å². The number of rotatable bonds is 6. The van der Waals surface area contributed by atoms with E-state index in [1.54, 1.807) is 12.3 Å². The molecule has 100 valence electrons. The van der Waals surface area contributed by atoms with Crippen LogP contribution in [-0.4, -0.2) is 16.6 Å². The maximum atomic E-state index is 5.93. The molecule has 0 spiro atoms. The molecule has 1 aromatic heterocycles.